The minimum atomic E-state index is -4.77. The Morgan fingerprint density at radius 3 is 2.79 bits per heavy atom. The SMILES string of the molecule is C[C@@]1(c2cc(NC(=O)c3ncc(Cl)cc3C(F)(F)F)ccn2)CCSC(N)=N1. The van der Waals surface area contributed by atoms with Gasteiger partial charge in [-0.15, -0.1) is 0 Å². The maximum absolute atomic E-state index is 13.2. The van der Waals surface area contributed by atoms with E-state index in [0.29, 0.717) is 23.3 Å². The number of rotatable bonds is 3. The number of pyridine rings is 2. The number of anilines is 1. The third kappa shape index (κ3) is 4.39. The zero-order valence-corrected chi connectivity index (χ0v) is 16.1. The van der Waals surface area contributed by atoms with Crippen LogP contribution < -0.4 is 11.1 Å². The number of halogens is 4. The molecule has 0 unspecified atom stereocenters. The Kier molecular flexibility index (Phi) is 5.53. The van der Waals surface area contributed by atoms with Gasteiger partial charge in [-0.25, -0.2) is 9.98 Å². The van der Waals surface area contributed by atoms with Crippen molar-refractivity contribution in [2.75, 3.05) is 11.1 Å². The molecule has 0 spiro atoms. The minimum absolute atomic E-state index is 0.214. The summed E-state index contributed by atoms with van der Waals surface area (Å²) in [7, 11) is 0. The van der Waals surface area contributed by atoms with Crippen LogP contribution in [0.1, 0.15) is 35.1 Å². The van der Waals surface area contributed by atoms with Gasteiger partial charge < -0.3 is 11.1 Å². The molecule has 2 aromatic heterocycles. The fourth-order valence-electron chi connectivity index (χ4n) is 2.70. The topological polar surface area (TPSA) is 93.3 Å². The van der Waals surface area contributed by atoms with Gasteiger partial charge in [-0.2, -0.15) is 13.2 Å². The molecular formula is C17H15ClF3N5OS. The van der Waals surface area contributed by atoms with Gasteiger partial charge in [0.25, 0.3) is 5.91 Å². The molecule has 0 bridgehead atoms. The zero-order chi connectivity index (χ0) is 20.5. The van der Waals surface area contributed by atoms with Crippen LogP contribution >= 0.6 is 23.4 Å². The molecule has 0 fully saturated rings. The van der Waals surface area contributed by atoms with E-state index in [0.717, 1.165) is 11.9 Å². The molecule has 1 amide bonds. The summed E-state index contributed by atoms with van der Waals surface area (Å²) < 4.78 is 39.6. The lowest BCUT2D eigenvalue weighted by Gasteiger charge is -2.28. The van der Waals surface area contributed by atoms with Crippen molar-refractivity contribution in [3.8, 4) is 0 Å². The van der Waals surface area contributed by atoms with Crippen molar-refractivity contribution in [2.45, 2.75) is 25.1 Å². The van der Waals surface area contributed by atoms with Crippen molar-refractivity contribution in [3.05, 3.63) is 52.6 Å². The van der Waals surface area contributed by atoms with Crippen LogP contribution in [0, 0.1) is 0 Å². The lowest BCUT2D eigenvalue weighted by molar-refractivity contribution is -0.138. The summed E-state index contributed by atoms with van der Waals surface area (Å²) in [5.41, 5.74) is 3.97. The van der Waals surface area contributed by atoms with E-state index in [4.69, 9.17) is 17.3 Å². The molecule has 148 valence electrons. The maximum Gasteiger partial charge on any atom is 0.418 e. The first-order chi connectivity index (χ1) is 13.1. The van der Waals surface area contributed by atoms with E-state index in [-0.39, 0.29) is 10.7 Å². The second-order valence-electron chi connectivity index (χ2n) is 6.25. The summed E-state index contributed by atoms with van der Waals surface area (Å²) in [4.78, 5) is 24.7. The number of aliphatic imine (C=N–C) groups is 1. The molecule has 1 atom stereocenters. The predicted molar refractivity (Wildman–Crippen MR) is 102 cm³/mol. The van der Waals surface area contributed by atoms with E-state index >= 15 is 0 Å². The summed E-state index contributed by atoms with van der Waals surface area (Å²) in [6.45, 7) is 1.86. The maximum atomic E-state index is 13.2. The average Bonchev–Trinajstić information content (AvgIpc) is 2.61. The number of nitrogens with zero attached hydrogens (tertiary/aromatic N) is 3. The Hall–Kier alpha value is -2.33. The van der Waals surface area contributed by atoms with Crippen molar-refractivity contribution >= 4 is 40.1 Å². The number of amidine groups is 1. The summed E-state index contributed by atoms with van der Waals surface area (Å²) in [6.07, 6.45) is -1.65. The van der Waals surface area contributed by atoms with Gasteiger partial charge in [0.1, 0.15) is 11.2 Å². The Morgan fingerprint density at radius 1 is 1.36 bits per heavy atom. The van der Waals surface area contributed by atoms with E-state index in [2.05, 4.69) is 20.3 Å². The largest absolute Gasteiger partial charge is 0.418 e. The summed E-state index contributed by atoms with van der Waals surface area (Å²) in [6, 6.07) is 3.70. The molecular weight excluding hydrogens is 415 g/mol. The lowest BCUT2D eigenvalue weighted by Crippen LogP contribution is -2.29. The van der Waals surface area contributed by atoms with E-state index in [1.165, 1.54) is 24.0 Å². The van der Waals surface area contributed by atoms with Gasteiger partial charge in [-0.05, 0) is 31.5 Å². The third-order valence-corrected chi connectivity index (χ3v) is 5.14. The molecule has 3 heterocycles. The van der Waals surface area contributed by atoms with E-state index < -0.39 is 28.9 Å². The first-order valence-corrected chi connectivity index (χ1v) is 9.43. The predicted octanol–water partition coefficient (Wildman–Crippen LogP) is 4.07. The van der Waals surface area contributed by atoms with E-state index in [1.54, 1.807) is 6.07 Å². The van der Waals surface area contributed by atoms with Gasteiger partial charge in [0.15, 0.2) is 5.17 Å². The Bertz CT molecular complexity index is 953. The molecule has 11 heteroatoms. The Balaban J connectivity index is 1.90. The van der Waals surface area contributed by atoms with Gasteiger partial charge in [-0.1, -0.05) is 23.4 Å². The van der Waals surface area contributed by atoms with Crippen molar-refractivity contribution in [1.29, 1.82) is 0 Å². The monoisotopic (exact) mass is 429 g/mol. The summed E-state index contributed by atoms with van der Waals surface area (Å²) >= 11 is 7.03. The van der Waals surface area contributed by atoms with E-state index in [9.17, 15) is 18.0 Å². The van der Waals surface area contributed by atoms with Gasteiger partial charge >= 0.3 is 6.18 Å². The van der Waals surface area contributed by atoms with Gasteiger partial charge in [0.2, 0.25) is 0 Å². The van der Waals surface area contributed by atoms with Gasteiger partial charge in [0, 0.05) is 23.8 Å². The molecule has 1 aliphatic heterocycles. The van der Waals surface area contributed by atoms with Gasteiger partial charge in [-0.3, -0.25) is 9.78 Å². The highest BCUT2D eigenvalue weighted by Crippen LogP contribution is 2.35. The normalized spacial score (nSPS) is 19.8. The van der Waals surface area contributed by atoms with Crippen LogP contribution in [-0.4, -0.2) is 26.8 Å². The molecule has 0 radical (unpaired) electrons. The molecule has 0 saturated heterocycles. The number of nitrogens with one attached hydrogen (secondary N) is 1. The molecule has 28 heavy (non-hydrogen) atoms. The number of aromatic nitrogens is 2. The molecule has 3 N–H and O–H groups in total. The standard InChI is InChI=1S/C17H15ClF3N5OS/c1-16(3-5-28-15(22)26-16)12-7-10(2-4-23-12)25-14(27)13-11(17(19,20)21)6-9(18)8-24-13/h2,4,6-8H,3,5H2,1H3,(H2,22,26)(H,23,25,27)/t16-/m0/s1. The first kappa shape index (κ1) is 20.4. The number of hydrogen-bond acceptors (Lipinski definition) is 6. The van der Waals surface area contributed by atoms with Crippen LogP contribution in [0.15, 0.2) is 35.6 Å². The molecule has 6 nitrogen and oxygen atoms in total. The van der Waals surface area contributed by atoms with Crippen molar-refractivity contribution in [1.82, 2.24) is 9.97 Å². The zero-order valence-electron chi connectivity index (χ0n) is 14.5. The third-order valence-electron chi connectivity index (χ3n) is 4.14. The van der Waals surface area contributed by atoms with E-state index in [1.807, 2.05) is 6.92 Å². The fourth-order valence-corrected chi connectivity index (χ4v) is 3.83. The molecule has 1 aliphatic rings. The number of hydrogen-bond donors (Lipinski definition) is 2. The van der Waals surface area contributed by atoms with Crippen LogP contribution in [0.5, 0.6) is 0 Å². The van der Waals surface area contributed by atoms with Crippen molar-refractivity contribution < 1.29 is 18.0 Å². The molecule has 3 rings (SSSR count). The molecule has 0 aliphatic carbocycles. The van der Waals surface area contributed by atoms with Crippen LogP contribution in [0.3, 0.4) is 0 Å². The van der Waals surface area contributed by atoms with Crippen molar-refractivity contribution in [3.63, 3.8) is 0 Å². The Labute approximate surface area is 167 Å². The van der Waals surface area contributed by atoms with Crippen LogP contribution in [0.2, 0.25) is 5.02 Å². The number of nitrogens with two attached hydrogens (primary N) is 1. The smallest absolute Gasteiger partial charge is 0.379 e. The second-order valence-corrected chi connectivity index (χ2v) is 7.81. The number of amides is 1. The number of thioether (sulfide) groups is 1. The Morgan fingerprint density at radius 2 is 2.11 bits per heavy atom. The number of carbonyl (C=O) groups excluding carboxylic acids is 1. The molecule has 0 aromatic carbocycles. The quantitative estimate of drug-likeness (QED) is 0.767. The summed E-state index contributed by atoms with van der Waals surface area (Å²) in [5.74, 6) is -0.248. The van der Waals surface area contributed by atoms with Crippen LogP contribution in [0.25, 0.3) is 0 Å². The average molecular weight is 430 g/mol. The van der Waals surface area contributed by atoms with Crippen LogP contribution in [-0.2, 0) is 11.7 Å². The highest BCUT2D eigenvalue weighted by Gasteiger charge is 2.37. The number of carbonyl (C=O) groups is 1. The highest BCUT2D eigenvalue weighted by molar-refractivity contribution is 8.13. The van der Waals surface area contributed by atoms with Gasteiger partial charge in [0.05, 0.1) is 16.3 Å². The van der Waals surface area contributed by atoms with Crippen molar-refractivity contribution in [2.24, 2.45) is 10.7 Å². The summed E-state index contributed by atoms with van der Waals surface area (Å²) in [5, 5.41) is 2.65. The lowest BCUT2D eigenvalue weighted by atomic mass is 9.94. The minimum Gasteiger partial charge on any atom is -0.379 e. The first-order valence-electron chi connectivity index (χ1n) is 8.07. The molecule has 2 aromatic rings. The fraction of sp³-hybridized carbons (Fsp3) is 0.294. The second kappa shape index (κ2) is 7.59. The number of alkyl halides is 3. The molecule has 0 saturated carbocycles. The highest BCUT2D eigenvalue weighted by atomic mass is 35.5. The van der Waals surface area contributed by atoms with Crippen LogP contribution in [0.4, 0.5) is 18.9 Å².